The minimum atomic E-state index is 0.484. The summed E-state index contributed by atoms with van der Waals surface area (Å²) in [5.41, 5.74) is 1.04. The molecular formula is C13H24. The van der Waals surface area contributed by atoms with Gasteiger partial charge in [0.25, 0.3) is 0 Å². The fourth-order valence-electron chi connectivity index (χ4n) is 2.43. The van der Waals surface area contributed by atoms with Crippen molar-refractivity contribution >= 4 is 0 Å². The van der Waals surface area contributed by atoms with E-state index < -0.39 is 0 Å². The number of rotatable bonds is 2. The van der Waals surface area contributed by atoms with E-state index in [2.05, 4.69) is 53.7 Å². The zero-order valence-electron chi connectivity index (χ0n) is 10.0. The van der Waals surface area contributed by atoms with Gasteiger partial charge in [-0.2, -0.15) is 0 Å². The van der Waals surface area contributed by atoms with Crippen LogP contribution < -0.4 is 0 Å². The monoisotopic (exact) mass is 180 g/mol. The summed E-state index contributed by atoms with van der Waals surface area (Å²) in [5.74, 6) is 1.74. The first-order valence-electron chi connectivity index (χ1n) is 5.42. The molecule has 2 atom stereocenters. The van der Waals surface area contributed by atoms with Gasteiger partial charge in [0.05, 0.1) is 0 Å². The lowest BCUT2D eigenvalue weighted by molar-refractivity contribution is 0.327. The average molecular weight is 180 g/mol. The topological polar surface area (TPSA) is 0 Å². The molecule has 0 N–H and O–H groups in total. The van der Waals surface area contributed by atoms with Crippen LogP contribution in [0.5, 0.6) is 0 Å². The van der Waals surface area contributed by atoms with E-state index in [0.29, 0.717) is 10.8 Å². The summed E-state index contributed by atoms with van der Waals surface area (Å²) in [6.45, 7) is 13.9. The molecule has 0 spiro atoms. The van der Waals surface area contributed by atoms with Gasteiger partial charge < -0.3 is 0 Å². The van der Waals surface area contributed by atoms with E-state index in [0.717, 1.165) is 11.8 Å². The maximum Gasteiger partial charge on any atom is -0.0146 e. The van der Waals surface area contributed by atoms with Crippen molar-refractivity contribution in [1.29, 1.82) is 0 Å². The highest BCUT2D eigenvalue weighted by Gasteiger charge is 2.56. The fraction of sp³-hybridized carbons (Fsp3) is 0.846. The van der Waals surface area contributed by atoms with Gasteiger partial charge in [-0.1, -0.05) is 46.8 Å². The van der Waals surface area contributed by atoms with E-state index in [-0.39, 0.29) is 0 Å². The van der Waals surface area contributed by atoms with E-state index in [9.17, 15) is 0 Å². The van der Waals surface area contributed by atoms with Crippen LogP contribution in [-0.2, 0) is 0 Å². The van der Waals surface area contributed by atoms with Crippen LogP contribution >= 0.6 is 0 Å². The minimum absolute atomic E-state index is 0.484. The predicted octanol–water partition coefficient (Wildman–Crippen LogP) is 4.27. The normalized spacial score (nSPS) is 32.5. The fourth-order valence-corrected chi connectivity index (χ4v) is 2.43. The first kappa shape index (κ1) is 10.8. The van der Waals surface area contributed by atoms with Crippen LogP contribution in [0.15, 0.2) is 12.2 Å². The Bertz CT molecular complexity index is 203. The Labute approximate surface area is 83.4 Å². The Balaban J connectivity index is 2.56. The lowest BCUT2D eigenvalue weighted by Crippen LogP contribution is -2.07. The predicted molar refractivity (Wildman–Crippen MR) is 59.6 cm³/mol. The van der Waals surface area contributed by atoms with E-state index >= 15 is 0 Å². The van der Waals surface area contributed by atoms with Gasteiger partial charge in [0.1, 0.15) is 0 Å². The van der Waals surface area contributed by atoms with E-state index in [4.69, 9.17) is 0 Å². The van der Waals surface area contributed by atoms with Crippen LogP contribution in [0.25, 0.3) is 0 Å². The molecule has 1 rings (SSSR count). The summed E-state index contributed by atoms with van der Waals surface area (Å²) in [6, 6.07) is 0. The molecule has 0 heteroatoms. The molecule has 0 aliphatic heterocycles. The van der Waals surface area contributed by atoms with Crippen molar-refractivity contribution in [2.45, 2.75) is 48.0 Å². The Morgan fingerprint density at radius 2 is 1.77 bits per heavy atom. The zero-order valence-corrected chi connectivity index (χ0v) is 10.0. The summed E-state index contributed by atoms with van der Waals surface area (Å²) in [7, 11) is 0. The Morgan fingerprint density at radius 3 is 2.15 bits per heavy atom. The van der Waals surface area contributed by atoms with Crippen molar-refractivity contribution in [2.24, 2.45) is 22.7 Å². The molecule has 1 fully saturated rings. The quantitative estimate of drug-likeness (QED) is 0.557. The van der Waals surface area contributed by atoms with Gasteiger partial charge in [-0.25, -0.2) is 0 Å². The minimum Gasteiger partial charge on any atom is -0.0914 e. The third-order valence-corrected chi connectivity index (χ3v) is 3.37. The molecule has 0 saturated heterocycles. The number of allylic oxidation sites excluding steroid dienone is 2. The van der Waals surface area contributed by atoms with Gasteiger partial charge in [-0.3, -0.25) is 0 Å². The third kappa shape index (κ3) is 2.36. The second kappa shape index (κ2) is 3.15. The zero-order chi connectivity index (χ0) is 10.3. The van der Waals surface area contributed by atoms with Gasteiger partial charge in [0, 0.05) is 0 Å². The first-order valence-corrected chi connectivity index (χ1v) is 5.42. The summed E-state index contributed by atoms with van der Waals surface area (Å²) >= 11 is 0. The smallest absolute Gasteiger partial charge is 0.0146 e. The summed E-state index contributed by atoms with van der Waals surface area (Å²) < 4.78 is 0. The highest BCUT2D eigenvalue weighted by Crippen LogP contribution is 2.62. The third-order valence-electron chi connectivity index (χ3n) is 3.37. The van der Waals surface area contributed by atoms with Crippen molar-refractivity contribution in [1.82, 2.24) is 0 Å². The van der Waals surface area contributed by atoms with Gasteiger partial charge in [0.15, 0.2) is 0 Å². The molecule has 1 saturated carbocycles. The van der Waals surface area contributed by atoms with E-state index in [1.807, 2.05) is 0 Å². The molecule has 0 amide bonds. The Kier molecular flexibility index (Phi) is 2.62. The number of hydrogen-bond acceptors (Lipinski definition) is 0. The summed E-state index contributed by atoms with van der Waals surface area (Å²) in [6.07, 6.45) is 5.94. The summed E-state index contributed by atoms with van der Waals surface area (Å²) in [5, 5.41) is 0. The number of hydrogen-bond donors (Lipinski definition) is 0. The second-order valence-electron chi connectivity index (χ2n) is 6.24. The lowest BCUT2D eigenvalue weighted by atomic mass is 9.87. The van der Waals surface area contributed by atoms with Crippen LogP contribution in [0.3, 0.4) is 0 Å². The SMILES string of the molecule is C/C=C\C1C(CC(C)(C)C)C1(C)C. The standard InChI is InChI=1S/C13H24/c1-7-8-10-11(13(10,5)6)9-12(2,3)4/h7-8,10-11H,9H2,1-6H3/b8-7-. The molecule has 0 aromatic rings. The molecule has 76 valence electrons. The molecule has 1 aliphatic carbocycles. The highest BCUT2D eigenvalue weighted by molar-refractivity contribution is 5.14. The van der Waals surface area contributed by atoms with Gasteiger partial charge >= 0.3 is 0 Å². The van der Waals surface area contributed by atoms with E-state index in [1.54, 1.807) is 0 Å². The molecule has 13 heavy (non-hydrogen) atoms. The Hall–Kier alpha value is -0.260. The Morgan fingerprint density at radius 1 is 1.23 bits per heavy atom. The van der Waals surface area contributed by atoms with Crippen LogP contribution in [0.1, 0.15) is 48.0 Å². The highest BCUT2D eigenvalue weighted by atomic mass is 14.6. The molecule has 0 aromatic carbocycles. The van der Waals surface area contributed by atoms with Gasteiger partial charge in [-0.05, 0) is 36.0 Å². The van der Waals surface area contributed by atoms with Crippen molar-refractivity contribution in [3.8, 4) is 0 Å². The maximum atomic E-state index is 2.40. The van der Waals surface area contributed by atoms with Gasteiger partial charge in [-0.15, -0.1) is 0 Å². The van der Waals surface area contributed by atoms with Crippen molar-refractivity contribution in [2.75, 3.05) is 0 Å². The van der Waals surface area contributed by atoms with Crippen molar-refractivity contribution in [3.63, 3.8) is 0 Å². The molecule has 0 aromatic heterocycles. The average Bonchev–Trinajstić information content (AvgIpc) is 2.36. The summed E-state index contributed by atoms with van der Waals surface area (Å²) in [4.78, 5) is 0. The van der Waals surface area contributed by atoms with Crippen LogP contribution in [-0.4, -0.2) is 0 Å². The maximum absolute atomic E-state index is 2.40. The van der Waals surface area contributed by atoms with Crippen LogP contribution in [0.2, 0.25) is 0 Å². The lowest BCUT2D eigenvalue weighted by Gasteiger charge is -2.18. The van der Waals surface area contributed by atoms with Crippen LogP contribution in [0, 0.1) is 22.7 Å². The van der Waals surface area contributed by atoms with Crippen molar-refractivity contribution in [3.05, 3.63) is 12.2 Å². The molecule has 1 aliphatic rings. The molecule has 2 unspecified atom stereocenters. The molecule has 0 heterocycles. The molecular weight excluding hydrogens is 156 g/mol. The van der Waals surface area contributed by atoms with Crippen molar-refractivity contribution < 1.29 is 0 Å². The van der Waals surface area contributed by atoms with E-state index in [1.165, 1.54) is 6.42 Å². The first-order chi connectivity index (χ1) is 5.79. The van der Waals surface area contributed by atoms with Gasteiger partial charge in [0.2, 0.25) is 0 Å². The molecule has 0 bridgehead atoms. The van der Waals surface area contributed by atoms with Crippen LogP contribution in [0.4, 0.5) is 0 Å². The second-order valence-corrected chi connectivity index (χ2v) is 6.24. The molecule has 0 nitrogen and oxygen atoms in total. The largest absolute Gasteiger partial charge is 0.0914 e. The molecule has 0 radical (unpaired) electrons.